The zero-order valence-corrected chi connectivity index (χ0v) is 11.7. The van der Waals surface area contributed by atoms with Gasteiger partial charge in [-0.25, -0.2) is 4.79 Å². The molecule has 0 saturated carbocycles. The van der Waals surface area contributed by atoms with Crippen LogP contribution in [-0.2, 0) is 4.79 Å². The topological polar surface area (TPSA) is 107 Å². The third-order valence-electron chi connectivity index (χ3n) is 3.07. The number of nitro groups is 1. The van der Waals surface area contributed by atoms with Crippen molar-refractivity contribution < 1.29 is 14.8 Å². The number of carbonyl (C=O) groups is 1. The highest BCUT2D eigenvalue weighted by molar-refractivity contribution is 5.86. The summed E-state index contributed by atoms with van der Waals surface area (Å²) < 4.78 is 0. The van der Waals surface area contributed by atoms with E-state index in [4.69, 9.17) is 10.4 Å². The number of nitro benzene ring substituents is 1. The van der Waals surface area contributed by atoms with E-state index in [9.17, 15) is 14.9 Å². The molecule has 1 aromatic carbocycles. The molecule has 1 unspecified atom stereocenters. The number of nitrogens with zero attached hydrogens (tertiary/aromatic N) is 3. The van der Waals surface area contributed by atoms with Gasteiger partial charge in [0.05, 0.1) is 23.0 Å². The lowest BCUT2D eigenvalue weighted by Gasteiger charge is -2.25. The van der Waals surface area contributed by atoms with Crippen molar-refractivity contribution in [3.05, 3.63) is 40.0 Å². The number of hydrogen-bond donors (Lipinski definition) is 1. The predicted molar refractivity (Wildman–Crippen MR) is 77.9 cm³/mol. The Morgan fingerprint density at radius 1 is 1.62 bits per heavy atom. The molecule has 110 valence electrons. The molecule has 0 fully saturated rings. The van der Waals surface area contributed by atoms with Gasteiger partial charge in [-0.05, 0) is 25.1 Å². The molecular weight excluding hydrogens is 274 g/mol. The summed E-state index contributed by atoms with van der Waals surface area (Å²) in [6, 6.07) is 6.43. The van der Waals surface area contributed by atoms with Crippen LogP contribution in [0.5, 0.6) is 0 Å². The van der Waals surface area contributed by atoms with Gasteiger partial charge in [0.15, 0.2) is 0 Å². The molecule has 0 saturated heterocycles. The zero-order chi connectivity index (χ0) is 16.0. The van der Waals surface area contributed by atoms with Crippen LogP contribution in [0.15, 0.2) is 24.3 Å². The van der Waals surface area contributed by atoms with Crippen LogP contribution in [0.3, 0.4) is 0 Å². The van der Waals surface area contributed by atoms with Crippen molar-refractivity contribution in [3.63, 3.8) is 0 Å². The van der Waals surface area contributed by atoms with Gasteiger partial charge >= 0.3 is 5.97 Å². The molecule has 1 rings (SSSR count). The van der Waals surface area contributed by atoms with E-state index in [2.05, 4.69) is 6.07 Å². The maximum atomic E-state index is 11.0. The first-order valence-corrected chi connectivity index (χ1v) is 6.16. The van der Waals surface area contributed by atoms with Crippen molar-refractivity contribution in [2.24, 2.45) is 0 Å². The third-order valence-corrected chi connectivity index (χ3v) is 3.07. The van der Waals surface area contributed by atoms with Crippen molar-refractivity contribution in [3.8, 4) is 6.07 Å². The molecule has 7 nitrogen and oxygen atoms in total. The van der Waals surface area contributed by atoms with Crippen LogP contribution < -0.4 is 4.90 Å². The maximum absolute atomic E-state index is 11.0. The second kappa shape index (κ2) is 7.05. The number of hydrogen-bond acceptors (Lipinski definition) is 5. The van der Waals surface area contributed by atoms with Gasteiger partial charge in [0.25, 0.3) is 5.69 Å². The third kappa shape index (κ3) is 4.31. The molecule has 0 spiro atoms. The summed E-state index contributed by atoms with van der Waals surface area (Å²) in [6.45, 7) is 1.86. The number of rotatable bonds is 6. The molecule has 0 radical (unpaired) electrons. The molecule has 1 aromatic rings. The molecular formula is C14H15N3O4. The van der Waals surface area contributed by atoms with Crippen LogP contribution in [0.25, 0.3) is 6.08 Å². The summed E-state index contributed by atoms with van der Waals surface area (Å²) in [5, 5.41) is 28.3. The summed E-state index contributed by atoms with van der Waals surface area (Å²) in [4.78, 5) is 22.8. The van der Waals surface area contributed by atoms with Gasteiger partial charge in [-0.15, -0.1) is 0 Å². The van der Waals surface area contributed by atoms with E-state index in [1.165, 1.54) is 18.2 Å². The Morgan fingerprint density at radius 3 is 2.81 bits per heavy atom. The minimum atomic E-state index is -1.18. The highest BCUT2D eigenvalue weighted by Crippen LogP contribution is 2.27. The molecule has 7 heteroatoms. The van der Waals surface area contributed by atoms with Crippen molar-refractivity contribution in [1.82, 2.24) is 0 Å². The van der Waals surface area contributed by atoms with Gasteiger partial charge in [-0.3, -0.25) is 10.1 Å². The number of nitriles is 1. The minimum absolute atomic E-state index is 0.0623. The van der Waals surface area contributed by atoms with Gasteiger partial charge in [-0.2, -0.15) is 5.26 Å². The lowest BCUT2D eigenvalue weighted by molar-refractivity contribution is -0.385. The lowest BCUT2D eigenvalue weighted by atomic mass is 10.1. The molecule has 0 aromatic heterocycles. The molecule has 0 aliphatic heterocycles. The maximum Gasteiger partial charge on any atom is 0.328 e. The van der Waals surface area contributed by atoms with E-state index in [-0.39, 0.29) is 17.3 Å². The van der Waals surface area contributed by atoms with Crippen molar-refractivity contribution >= 4 is 23.4 Å². The van der Waals surface area contributed by atoms with Crippen LogP contribution in [0.1, 0.15) is 18.9 Å². The van der Waals surface area contributed by atoms with E-state index in [1.54, 1.807) is 13.1 Å². The number of carboxylic acids is 1. The Kier molecular flexibility index (Phi) is 5.43. The fraction of sp³-hybridized carbons (Fsp3) is 0.286. The Bertz CT molecular complexity index is 619. The van der Waals surface area contributed by atoms with Gasteiger partial charge in [-0.1, -0.05) is 0 Å². The molecule has 0 bridgehead atoms. The fourth-order valence-electron chi connectivity index (χ4n) is 1.75. The van der Waals surface area contributed by atoms with E-state index in [1.807, 2.05) is 11.8 Å². The first-order valence-electron chi connectivity index (χ1n) is 6.16. The Hall–Kier alpha value is -2.88. The SMILES string of the molecule is CC(CC#N)N(C)c1ccc([N+](=O)[O-])c(/C=C/C(=O)O)c1. The van der Waals surface area contributed by atoms with E-state index >= 15 is 0 Å². The highest BCUT2D eigenvalue weighted by atomic mass is 16.6. The average molecular weight is 289 g/mol. The van der Waals surface area contributed by atoms with E-state index < -0.39 is 10.9 Å². The molecule has 0 aliphatic carbocycles. The van der Waals surface area contributed by atoms with Crippen molar-refractivity contribution in [1.29, 1.82) is 5.26 Å². The summed E-state index contributed by atoms with van der Waals surface area (Å²) in [6.07, 6.45) is 2.35. The summed E-state index contributed by atoms with van der Waals surface area (Å²) in [5.41, 5.74) is 0.710. The Labute approximate surface area is 121 Å². The van der Waals surface area contributed by atoms with Gasteiger partial charge in [0.2, 0.25) is 0 Å². The first kappa shape index (κ1) is 16.2. The van der Waals surface area contributed by atoms with Crippen LogP contribution in [0.2, 0.25) is 0 Å². The average Bonchev–Trinajstić information content (AvgIpc) is 2.44. The van der Waals surface area contributed by atoms with Crippen LogP contribution in [0.4, 0.5) is 11.4 Å². The summed E-state index contributed by atoms with van der Waals surface area (Å²) in [5.74, 6) is -1.18. The number of benzene rings is 1. The molecule has 0 heterocycles. The van der Waals surface area contributed by atoms with Crippen molar-refractivity contribution in [2.75, 3.05) is 11.9 Å². The number of carboxylic acid groups (broad SMARTS) is 1. The van der Waals surface area contributed by atoms with Crippen LogP contribution >= 0.6 is 0 Å². The minimum Gasteiger partial charge on any atom is -0.478 e. The fourth-order valence-corrected chi connectivity index (χ4v) is 1.75. The molecule has 0 amide bonds. The lowest BCUT2D eigenvalue weighted by Crippen LogP contribution is -2.28. The van der Waals surface area contributed by atoms with Gasteiger partial charge in [0, 0.05) is 30.9 Å². The summed E-state index contributed by atoms with van der Waals surface area (Å²) in [7, 11) is 1.77. The van der Waals surface area contributed by atoms with E-state index in [0.29, 0.717) is 12.1 Å². The Balaban J connectivity index is 3.21. The Morgan fingerprint density at radius 2 is 2.29 bits per heavy atom. The van der Waals surface area contributed by atoms with Crippen LogP contribution in [0, 0.1) is 21.4 Å². The van der Waals surface area contributed by atoms with Crippen LogP contribution in [-0.4, -0.2) is 29.1 Å². The van der Waals surface area contributed by atoms with Crippen molar-refractivity contribution in [2.45, 2.75) is 19.4 Å². The quantitative estimate of drug-likeness (QED) is 0.489. The second-order valence-corrected chi connectivity index (χ2v) is 4.49. The largest absolute Gasteiger partial charge is 0.478 e. The highest BCUT2D eigenvalue weighted by Gasteiger charge is 2.16. The van der Waals surface area contributed by atoms with Gasteiger partial charge in [0.1, 0.15) is 0 Å². The summed E-state index contributed by atoms with van der Waals surface area (Å²) >= 11 is 0. The predicted octanol–water partition coefficient (Wildman–Crippen LogP) is 2.43. The normalized spacial score (nSPS) is 11.9. The first-order chi connectivity index (χ1) is 9.86. The molecule has 1 atom stereocenters. The molecule has 21 heavy (non-hydrogen) atoms. The standard InChI is InChI=1S/C14H15N3O4/c1-10(7-8-15)16(2)12-4-5-13(17(20)21)11(9-12)3-6-14(18)19/h3-6,9-10H,7H2,1-2H3,(H,18,19)/b6-3+. The van der Waals surface area contributed by atoms with Gasteiger partial charge < -0.3 is 10.0 Å². The second-order valence-electron chi connectivity index (χ2n) is 4.49. The monoisotopic (exact) mass is 289 g/mol. The number of anilines is 1. The zero-order valence-electron chi connectivity index (χ0n) is 11.7. The van der Waals surface area contributed by atoms with E-state index in [0.717, 1.165) is 6.08 Å². The smallest absolute Gasteiger partial charge is 0.328 e. The molecule has 0 aliphatic rings. The molecule has 1 N–H and O–H groups in total. The number of aliphatic carboxylic acids is 1.